The van der Waals surface area contributed by atoms with Crippen LogP contribution in [0.25, 0.3) is 11.1 Å². The van der Waals surface area contributed by atoms with Crippen molar-refractivity contribution in [3.05, 3.63) is 58.1 Å². The van der Waals surface area contributed by atoms with Crippen LogP contribution in [0.2, 0.25) is 0 Å². The number of hydrogen-bond donors (Lipinski definition) is 0. The lowest BCUT2D eigenvalue weighted by molar-refractivity contribution is 0.303. The summed E-state index contributed by atoms with van der Waals surface area (Å²) < 4.78 is 1.17. The average Bonchev–Trinajstić information content (AvgIpc) is 2.69. The lowest BCUT2D eigenvalue weighted by Gasteiger charge is -2.29. The van der Waals surface area contributed by atoms with Gasteiger partial charge >= 0.3 is 0 Å². The Morgan fingerprint density at radius 1 is 0.885 bits per heavy atom. The van der Waals surface area contributed by atoms with E-state index in [0.29, 0.717) is 0 Å². The molecule has 0 nitrogen and oxygen atoms in total. The van der Waals surface area contributed by atoms with Crippen molar-refractivity contribution in [3.63, 3.8) is 0 Å². The molecule has 0 atom stereocenters. The summed E-state index contributed by atoms with van der Waals surface area (Å²) in [5.74, 6) is 1.77. The van der Waals surface area contributed by atoms with Crippen LogP contribution in [0.15, 0.2) is 46.9 Å². The minimum absolute atomic E-state index is 0.780. The van der Waals surface area contributed by atoms with Gasteiger partial charge in [0.05, 0.1) is 0 Å². The Hall–Kier alpha value is -1.08. The van der Waals surface area contributed by atoms with Crippen molar-refractivity contribution in [2.24, 2.45) is 5.92 Å². The minimum atomic E-state index is 0.780. The highest BCUT2D eigenvalue weighted by atomic mass is 79.9. The Labute approximate surface area is 168 Å². The second-order valence-corrected chi connectivity index (χ2v) is 8.91. The minimum Gasteiger partial charge on any atom is -0.0654 e. The fourth-order valence-electron chi connectivity index (χ4n) is 4.54. The second-order valence-electron chi connectivity index (χ2n) is 7.99. The predicted molar refractivity (Wildman–Crippen MR) is 118 cm³/mol. The lowest BCUT2D eigenvalue weighted by atomic mass is 9.77. The van der Waals surface area contributed by atoms with E-state index in [4.69, 9.17) is 0 Å². The molecule has 0 N–H and O–H groups in total. The van der Waals surface area contributed by atoms with E-state index in [-0.39, 0.29) is 0 Å². The quantitative estimate of drug-likeness (QED) is 0.399. The monoisotopic (exact) mass is 412 g/mol. The standard InChI is InChI=1S/C25H33Br/c1-3-5-6-7-19-8-10-21(11-9-19)22-12-14-23(15-13-22)25-17-16-24(26)18-20(25)4-2/h12-19,21H,3-11H2,1-2H3/t19-,21-. The van der Waals surface area contributed by atoms with Crippen LogP contribution in [0, 0.1) is 5.92 Å². The molecule has 1 heteroatoms. The number of aryl methyl sites for hydroxylation is 1. The van der Waals surface area contributed by atoms with Gasteiger partial charge in [0.2, 0.25) is 0 Å². The van der Waals surface area contributed by atoms with Crippen molar-refractivity contribution in [2.45, 2.75) is 77.6 Å². The molecule has 1 saturated carbocycles. The Balaban J connectivity index is 1.62. The SMILES string of the molecule is CCCCC[C@H]1CC[C@H](c2ccc(-c3ccc(Br)cc3CC)cc2)CC1. The van der Waals surface area contributed by atoms with E-state index in [2.05, 4.69) is 72.2 Å². The number of hydrogen-bond acceptors (Lipinski definition) is 0. The van der Waals surface area contributed by atoms with Gasteiger partial charge < -0.3 is 0 Å². The number of benzene rings is 2. The summed E-state index contributed by atoms with van der Waals surface area (Å²) in [6.45, 7) is 4.54. The highest BCUT2D eigenvalue weighted by Crippen LogP contribution is 2.38. The van der Waals surface area contributed by atoms with E-state index in [1.165, 1.54) is 72.5 Å². The summed E-state index contributed by atoms with van der Waals surface area (Å²) in [5.41, 5.74) is 5.70. The first-order chi connectivity index (χ1) is 12.7. The fraction of sp³-hybridized carbons (Fsp3) is 0.520. The van der Waals surface area contributed by atoms with Gasteiger partial charge in [0.25, 0.3) is 0 Å². The van der Waals surface area contributed by atoms with Crippen LogP contribution in [-0.2, 0) is 6.42 Å². The van der Waals surface area contributed by atoms with Gasteiger partial charge in [-0.25, -0.2) is 0 Å². The zero-order valence-electron chi connectivity index (χ0n) is 16.4. The van der Waals surface area contributed by atoms with Crippen LogP contribution in [0.3, 0.4) is 0 Å². The lowest BCUT2D eigenvalue weighted by Crippen LogP contribution is -2.13. The van der Waals surface area contributed by atoms with Crippen molar-refractivity contribution in [1.82, 2.24) is 0 Å². The molecular formula is C25H33Br. The Bertz CT molecular complexity index is 678. The van der Waals surface area contributed by atoms with Crippen LogP contribution in [0.1, 0.15) is 82.3 Å². The molecule has 0 aliphatic heterocycles. The molecule has 2 aromatic carbocycles. The maximum Gasteiger partial charge on any atom is 0.0178 e. The van der Waals surface area contributed by atoms with E-state index in [1.807, 2.05) is 0 Å². The number of rotatable bonds is 7. The largest absolute Gasteiger partial charge is 0.0654 e. The molecule has 0 heterocycles. The predicted octanol–water partition coefficient (Wildman–Crippen LogP) is 8.53. The molecule has 0 amide bonds. The third-order valence-electron chi connectivity index (χ3n) is 6.20. The van der Waals surface area contributed by atoms with E-state index < -0.39 is 0 Å². The summed E-state index contributed by atoms with van der Waals surface area (Å²) in [7, 11) is 0. The van der Waals surface area contributed by atoms with Crippen molar-refractivity contribution >= 4 is 15.9 Å². The molecule has 0 aromatic heterocycles. The van der Waals surface area contributed by atoms with Crippen LogP contribution in [-0.4, -0.2) is 0 Å². The molecule has 0 radical (unpaired) electrons. The third-order valence-corrected chi connectivity index (χ3v) is 6.70. The van der Waals surface area contributed by atoms with Crippen molar-refractivity contribution in [2.75, 3.05) is 0 Å². The van der Waals surface area contributed by atoms with Gasteiger partial charge in [-0.3, -0.25) is 0 Å². The van der Waals surface area contributed by atoms with Crippen LogP contribution >= 0.6 is 15.9 Å². The number of unbranched alkanes of at least 4 members (excludes halogenated alkanes) is 2. The molecule has 26 heavy (non-hydrogen) atoms. The Kier molecular flexibility index (Phi) is 7.37. The van der Waals surface area contributed by atoms with Gasteiger partial charge in [0.15, 0.2) is 0 Å². The smallest absolute Gasteiger partial charge is 0.0178 e. The van der Waals surface area contributed by atoms with Gasteiger partial charge in [0, 0.05) is 4.47 Å². The van der Waals surface area contributed by atoms with Gasteiger partial charge in [-0.05, 0) is 78.3 Å². The number of halogens is 1. The molecule has 1 fully saturated rings. The zero-order chi connectivity index (χ0) is 18.4. The van der Waals surface area contributed by atoms with Gasteiger partial charge in [-0.1, -0.05) is 85.8 Å². The molecule has 0 spiro atoms. The molecule has 0 unspecified atom stereocenters. The first-order valence-electron chi connectivity index (χ1n) is 10.6. The van der Waals surface area contributed by atoms with E-state index in [1.54, 1.807) is 5.56 Å². The van der Waals surface area contributed by atoms with Crippen LogP contribution in [0.5, 0.6) is 0 Å². The Morgan fingerprint density at radius 2 is 1.62 bits per heavy atom. The van der Waals surface area contributed by atoms with E-state index in [0.717, 1.165) is 18.3 Å². The molecule has 3 rings (SSSR count). The summed E-state index contributed by atoms with van der Waals surface area (Å²) in [6.07, 6.45) is 12.4. The first kappa shape index (κ1) is 19.7. The Morgan fingerprint density at radius 3 is 2.27 bits per heavy atom. The van der Waals surface area contributed by atoms with Crippen molar-refractivity contribution in [3.8, 4) is 11.1 Å². The molecule has 2 aromatic rings. The molecule has 140 valence electrons. The van der Waals surface area contributed by atoms with Gasteiger partial charge in [0.1, 0.15) is 0 Å². The third kappa shape index (κ3) is 5.00. The summed E-state index contributed by atoms with van der Waals surface area (Å²) in [4.78, 5) is 0. The second kappa shape index (κ2) is 9.74. The first-order valence-corrected chi connectivity index (χ1v) is 11.4. The normalized spacial score (nSPS) is 20.3. The van der Waals surface area contributed by atoms with Crippen LogP contribution in [0.4, 0.5) is 0 Å². The van der Waals surface area contributed by atoms with Crippen molar-refractivity contribution < 1.29 is 0 Å². The molecule has 0 bridgehead atoms. The summed E-state index contributed by atoms with van der Waals surface area (Å²) >= 11 is 3.60. The zero-order valence-corrected chi connectivity index (χ0v) is 18.0. The fourth-order valence-corrected chi connectivity index (χ4v) is 4.95. The van der Waals surface area contributed by atoms with Gasteiger partial charge in [-0.15, -0.1) is 0 Å². The summed E-state index contributed by atoms with van der Waals surface area (Å²) in [5, 5.41) is 0. The summed E-state index contributed by atoms with van der Waals surface area (Å²) in [6, 6.07) is 16.1. The van der Waals surface area contributed by atoms with E-state index in [9.17, 15) is 0 Å². The van der Waals surface area contributed by atoms with Crippen molar-refractivity contribution in [1.29, 1.82) is 0 Å². The molecular weight excluding hydrogens is 380 g/mol. The topological polar surface area (TPSA) is 0 Å². The van der Waals surface area contributed by atoms with E-state index >= 15 is 0 Å². The highest BCUT2D eigenvalue weighted by molar-refractivity contribution is 9.10. The molecule has 1 aliphatic rings. The molecule has 0 saturated heterocycles. The average molecular weight is 413 g/mol. The maximum atomic E-state index is 3.60. The molecule has 1 aliphatic carbocycles. The van der Waals surface area contributed by atoms with Crippen LogP contribution < -0.4 is 0 Å². The maximum absolute atomic E-state index is 3.60. The highest BCUT2D eigenvalue weighted by Gasteiger charge is 2.22. The van der Waals surface area contributed by atoms with Gasteiger partial charge in [-0.2, -0.15) is 0 Å².